The molecule has 1 aromatic carbocycles. The summed E-state index contributed by atoms with van der Waals surface area (Å²) in [5, 5.41) is 0. The van der Waals surface area contributed by atoms with E-state index in [4.69, 9.17) is 15.2 Å². The lowest BCUT2D eigenvalue weighted by atomic mass is 10.1. The van der Waals surface area contributed by atoms with E-state index in [1.165, 1.54) is 6.07 Å². The summed E-state index contributed by atoms with van der Waals surface area (Å²) in [6.45, 7) is 4.97. The van der Waals surface area contributed by atoms with Crippen LogP contribution in [0.1, 0.15) is 19.5 Å². The Morgan fingerprint density at radius 3 is 2.68 bits per heavy atom. The van der Waals surface area contributed by atoms with Crippen molar-refractivity contribution >= 4 is 0 Å². The number of aromatic amines is 1. The molecule has 0 atom stereocenters. The summed E-state index contributed by atoms with van der Waals surface area (Å²) in [6, 6.07) is 6.82. The zero-order valence-corrected chi connectivity index (χ0v) is 13.1. The third-order valence-corrected chi connectivity index (χ3v) is 3.01. The lowest BCUT2D eigenvalue weighted by molar-refractivity contribution is 0.257. The smallest absolute Gasteiger partial charge is 0.251 e. The van der Waals surface area contributed by atoms with Crippen LogP contribution in [0.5, 0.6) is 11.5 Å². The van der Waals surface area contributed by atoms with E-state index in [1.54, 1.807) is 13.2 Å². The fourth-order valence-electron chi connectivity index (χ4n) is 1.94. The molecule has 0 unspecified atom stereocenters. The highest BCUT2D eigenvalue weighted by Gasteiger charge is 2.10. The van der Waals surface area contributed by atoms with Gasteiger partial charge in [-0.15, -0.1) is 0 Å². The number of methoxy groups -OCH3 is 1. The Bertz CT molecular complexity index is 695. The first-order valence-electron chi connectivity index (χ1n) is 7.15. The summed E-state index contributed by atoms with van der Waals surface area (Å²) in [5.41, 5.74) is 6.60. The van der Waals surface area contributed by atoms with Gasteiger partial charge in [0.05, 0.1) is 19.4 Å². The van der Waals surface area contributed by atoms with Gasteiger partial charge in [0.25, 0.3) is 5.56 Å². The van der Waals surface area contributed by atoms with Crippen molar-refractivity contribution < 1.29 is 9.47 Å². The van der Waals surface area contributed by atoms with Gasteiger partial charge in [-0.05, 0) is 24.1 Å². The van der Waals surface area contributed by atoms with Crippen LogP contribution in [0.4, 0.5) is 0 Å². The molecule has 0 aliphatic rings. The fraction of sp³-hybridized carbons (Fsp3) is 0.375. The van der Waals surface area contributed by atoms with Crippen molar-refractivity contribution in [2.45, 2.75) is 20.4 Å². The predicted molar refractivity (Wildman–Crippen MR) is 85.1 cm³/mol. The molecule has 6 heteroatoms. The molecule has 1 heterocycles. The van der Waals surface area contributed by atoms with E-state index in [2.05, 4.69) is 23.8 Å². The molecule has 22 heavy (non-hydrogen) atoms. The Morgan fingerprint density at radius 1 is 1.27 bits per heavy atom. The molecule has 118 valence electrons. The molecule has 0 saturated carbocycles. The first-order chi connectivity index (χ1) is 10.5. The number of hydrogen-bond donors (Lipinski definition) is 2. The van der Waals surface area contributed by atoms with E-state index in [-0.39, 0.29) is 12.1 Å². The highest BCUT2D eigenvalue weighted by atomic mass is 16.5. The van der Waals surface area contributed by atoms with Crippen LogP contribution in [0.25, 0.3) is 11.4 Å². The summed E-state index contributed by atoms with van der Waals surface area (Å²) in [4.78, 5) is 18.7. The molecule has 0 aliphatic carbocycles. The van der Waals surface area contributed by atoms with Crippen molar-refractivity contribution in [2.75, 3.05) is 13.7 Å². The Hall–Kier alpha value is -2.34. The Kier molecular flexibility index (Phi) is 5.16. The molecule has 1 aromatic heterocycles. The third kappa shape index (κ3) is 3.85. The third-order valence-electron chi connectivity index (χ3n) is 3.01. The second-order valence-electron chi connectivity index (χ2n) is 5.36. The molecule has 6 nitrogen and oxygen atoms in total. The Morgan fingerprint density at radius 2 is 2.05 bits per heavy atom. The van der Waals surface area contributed by atoms with Crippen molar-refractivity contribution in [3.63, 3.8) is 0 Å². The van der Waals surface area contributed by atoms with Crippen molar-refractivity contribution in [1.82, 2.24) is 9.97 Å². The molecule has 2 rings (SSSR count). The average Bonchev–Trinajstić information content (AvgIpc) is 2.51. The van der Waals surface area contributed by atoms with Crippen molar-refractivity contribution in [3.05, 3.63) is 40.3 Å². The van der Waals surface area contributed by atoms with Crippen LogP contribution < -0.4 is 20.8 Å². The van der Waals surface area contributed by atoms with Gasteiger partial charge in [-0.1, -0.05) is 13.8 Å². The maximum atomic E-state index is 11.6. The number of rotatable bonds is 6. The molecular formula is C16H21N3O3. The number of aromatic nitrogens is 2. The van der Waals surface area contributed by atoms with Gasteiger partial charge in [0.1, 0.15) is 5.82 Å². The number of hydrogen-bond acceptors (Lipinski definition) is 5. The van der Waals surface area contributed by atoms with Crippen molar-refractivity contribution in [1.29, 1.82) is 0 Å². The highest BCUT2D eigenvalue weighted by Crippen LogP contribution is 2.31. The Balaban J connectivity index is 2.37. The SMILES string of the molecule is COc1cc(-c2nc(CN)cc(=O)[nH]2)ccc1OCC(C)C. The van der Waals surface area contributed by atoms with Crippen LogP contribution in [0.15, 0.2) is 29.1 Å². The standard InChI is InChI=1S/C16H21N3O3/c1-10(2)9-22-13-5-4-11(6-14(13)21-3)16-18-12(8-17)7-15(20)19-16/h4-7,10H,8-9,17H2,1-3H3,(H,18,19,20). The van der Waals surface area contributed by atoms with Crippen molar-refractivity contribution in [3.8, 4) is 22.9 Å². The summed E-state index contributed by atoms with van der Waals surface area (Å²) in [5.74, 6) is 2.14. The van der Waals surface area contributed by atoms with Gasteiger partial charge in [0.15, 0.2) is 11.5 Å². The van der Waals surface area contributed by atoms with E-state index in [1.807, 2.05) is 12.1 Å². The minimum Gasteiger partial charge on any atom is -0.493 e. The number of nitrogens with zero attached hydrogens (tertiary/aromatic N) is 1. The summed E-state index contributed by atoms with van der Waals surface area (Å²) >= 11 is 0. The zero-order chi connectivity index (χ0) is 16.1. The van der Waals surface area contributed by atoms with Crippen LogP contribution in [0, 0.1) is 5.92 Å². The van der Waals surface area contributed by atoms with E-state index >= 15 is 0 Å². The van der Waals surface area contributed by atoms with Crippen LogP contribution >= 0.6 is 0 Å². The molecule has 0 saturated heterocycles. The first-order valence-corrected chi connectivity index (χ1v) is 7.15. The van der Waals surface area contributed by atoms with Crippen LogP contribution in [-0.4, -0.2) is 23.7 Å². The van der Waals surface area contributed by atoms with E-state index in [0.29, 0.717) is 35.5 Å². The highest BCUT2D eigenvalue weighted by molar-refractivity contribution is 5.61. The number of benzene rings is 1. The number of nitrogens with two attached hydrogens (primary N) is 1. The van der Waals surface area contributed by atoms with Crippen LogP contribution in [-0.2, 0) is 6.54 Å². The summed E-state index contributed by atoms with van der Waals surface area (Å²) < 4.78 is 11.1. The summed E-state index contributed by atoms with van der Waals surface area (Å²) in [7, 11) is 1.58. The molecule has 2 aromatic rings. The molecule has 0 bridgehead atoms. The molecule has 0 spiro atoms. The maximum Gasteiger partial charge on any atom is 0.251 e. The van der Waals surface area contributed by atoms with Gasteiger partial charge < -0.3 is 20.2 Å². The number of nitrogens with one attached hydrogen (secondary N) is 1. The Labute approximate surface area is 129 Å². The van der Waals surface area contributed by atoms with Gasteiger partial charge in [-0.2, -0.15) is 0 Å². The van der Waals surface area contributed by atoms with Crippen LogP contribution in [0.3, 0.4) is 0 Å². The molecular weight excluding hydrogens is 282 g/mol. The quantitative estimate of drug-likeness (QED) is 0.851. The van der Waals surface area contributed by atoms with Gasteiger partial charge in [-0.25, -0.2) is 4.98 Å². The molecule has 3 N–H and O–H groups in total. The zero-order valence-electron chi connectivity index (χ0n) is 13.1. The van der Waals surface area contributed by atoms with Gasteiger partial charge in [0, 0.05) is 18.2 Å². The minimum atomic E-state index is -0.232. The molecule has 0 amide bonds. The molecule has 0 fully saturated rings. The van der Waals surface area contributed by atoms with E-state index in [0.717, 1.165) is 5.56 Å². The lowest BCUT2D eigenvalue weighted by Crippen LogP contribution is -2.12. The largest absolute Gasteiger partial charge is 0.493 e. The fourth-order valence-corrected chi connectivity index (χ4v) is 1.94. The first kappa shape index (κ1) is 16.0. The molecule has 0 aliphatic heterocycles. The van der Waals surface area contributed by atoms with Crippen LogP contribution in [0.2, 0.25) is 0 Å². The van der Waals surface area contributed by atoms with Gasteiger partial charge in [-0.3, -0.25) is 4.79 Å². The normalized spacial score (nSPS) is 10.8. The van der Waals surface area contributed by atoms with E-state index < -0.39 is 0 Å². The number of H-pyrrole nitrogens is 1. The maximum absolute atomic E-state index is 11.6. The summed E-state index contributed by atoms with van der Waals surface area (Å²) in [6.07, 6.45) is 0. The second-order valence-corrected chi connectivity index (χ2v) is 5.36. The monoisotopic (exact) mass is 303 g/mol. The van der Waals surface area contributed by atoms with Gasteiger partial charge >= 0.3 is 0 Å². The molecule has 0 radical (unpaired) electrons. The van der Waals surface area contributed by atoms with Crippen molar-refractivity contribution in [2.24, 2.45) is 11.7 Å². The topological polar surface area (TPSA) is 90.2 Å². The lowest BCUT2D eigenvalue weighted by Gasteiger charge is -2.13. The minimum absolute atomic E-state index is 0.212. The van der Waals surface area contributed by atoms with Gasteiger partial charge in [0.2, 0.25) is 0 Å². The predicted octanol–water partition coefficient (Wildman–Crippen LogP) is 1.94. The van der Waals surface area contributed by atoms with E-state index in [9.17, 15) is 4.79 Å². The number of ether oxygens (including phenoxy) is 2. The second kappa shape index (κ2) is 7.09. The average molecular weight is 303 g/mol.